The quantitative estimate of drug-likeness (QED) is 0.684. The molecule has 3 aromatic rings. The first-order valence-corrected chi connectivity index (χ1v) is 10.5. The van der Waals surface area contributed by atoms with E-state index in [1.54, 1.807) is 10.7 Å². The Kier molecular flexibility index (Phi) is 4.64. The second-order valence-corrected chi connectivity index (χ2v) is 8.58. The van der Waals surface area contributed by atoms with Crippen molar-refractivity contribution >= 4 is 32.5 Å². The van der Waals surface area contributed by atoms with Crippen LogP contribution in [0.15, 0.2) is 47.4 Å². The lowest BCUT2D eigenvalue weighted by Gasteiger charge is -2.25. The Balaban J connectivity index is 1.71. The number of hydrogen-bond acceptors (Lipinski definition) is 4. The predicted molar refractivity (Wildman–Crippen MR) is 103 cm³/mol. The molecule has 7 nitrogen and oxygen atoms in total. The summed E-state index contributed by atoms with van der Waals surface area (Å²) in [6.45, 7) is 0.580. The first kappa shape index (κ1) is 18.6. The smallest absolute Gasteiger partial charge is 0.274 e. The molecule has 9 heteroatoms. The average Bonchev–Trinajstić information content (AvgIpc) is 2.95. The van der Waals surface area contributed by atoms with Crippen LogP contribution < -0.4 is 10.5 Å². The third-order valence-corrected chi connectivity index (χ3v) is 5.90. The highest BCUT2D eigenvalue weighted by atomic mass is 32.2. The lowest BCUT2D eigenvalue weighted by molar-refractivity contribution is 0.101. The van der Waals surface area contributed by atoms with Gasteiger partial charge in [0.1, 0.15) is 11.5 Å². The van der Waals surface area contributed by atoms with Crippen molar-refractivity contribution in [3.05, 3.63) is 54.0 Å². The number of anilines is 1. The van der Waals surface area contributed by atoms with E-state index in [1.807, 2.05) is 0 Å². The SMILES string of the molecule is NS(=O)(=O)c1cccc(NC(=O)c2c3ccc(F)cc3nn2CC2CCC2)c1. The van der Waals surface area contributed by atoms with Crippen molar-refractivity contribution in [2.75, 3.05) is 5.32 Å². The van der Waals surface area contributed by atoms with Gasteiger partial charge in [0.25, 0.3) is 5.91 Å². The fourth-order valence-electron chi connectivity index (χ4n) is 3.34. The van der Waals surface area contributed by atoms with Crippen molar-refractivity contribution in [3.8, 4) is 0 Å². The van der Waals surface area contributed by atoms with Crippen LogP contribution in [0, 0.1) is 11.7 Å². The number of nitrogens with zero attached hydrogens (tertiary/aromatic N) is 2. The van der Waals surface area contributed by atoms with Crippen molar-refractivity contribution in [3.63, 3.8) is 0 Å². The Morgan fingerprint density at radius 2 is 2.04 bits per heavy atom. The standard InChI is InChI=1S/C19H19FN4O3S/c20-13-7-8-16-17(9-13)23-24(11-12-3-1-4-12)18(16)19(25)22-14-5-2-6-15(10-14)28(21,26)27/h2,5-10,12H,1,3-4,11H2,(H,22,25)(H2,21,26,27). The molecule has 0 saturated heterocycles. The topological polar surface area (TPSA) is 107 Å². The van der Waals surface area contributed by atoms with Crippen LogP contribution in [0.4, 0.5) is 10.1 Å². The molecule has 3 N–H and O–H groups in total. The van der Waals surface area contributed by atoms with Gasteiger partial charge in [0, 0.05) is 23.7 Å². The normalized spacial score (nSPS) is 14.8. The maximum absolute atomic E-state index is 13.6. The molecule has 1 fully saturated rings. The Bertz CT molecular complexity index is 1170. The van der Waals surface area contributed by atoms with E-state index in [4.69, 9.17) is 5.14 Å². The highest BCUT2D eigenvalue weighted by molar-refractivity contribution is 7.89. The first-order valence-electron chi connectivity index (χ1n) is 8.91. The van der Waals surface area contributed by atoms with Crippen molar-refractivity contribution in [1.82, 2.24) is 9.78 Å². The van der Waals surface area contributed by atoms with Crippen LogP contribution in [-0.4, -0.2) is 24.1 Å². The Hall–Kier alpha value is -2.78. The number of aromatic nitrogens is 2. The maximum atomic E-state index is 13.6. The number of amides is 1. The Morgan fingerprint density at radius 1 is 1.25 bits per heavy atom. The molecule has 2 aromatic carbocycles. The molecule has 0 aliphatic heterocycles. The van der Waals surface area contributed by atoms with Gasteiger partial charge in [-0.2, -0.15) is 5.10 Å². The Morgan fingerprint density at radius 3 is 2.71 bits per heavy atom. The van der Waals surface area contributed by atoms with E-state index >= 15 is 0 Å². The molecule has 28 heavy (non-hydrogen) atoms. The van der Waals surface area contributed by atoms with Crippen LogP contribution in [0.1, 0.15) is 29.8 Å². The number of benzene rings is 2. The fourth-order valence-corrected chi connectivity index (χ4v) is 3.90. The van der Waals surface area contributed by atoms with Crippen molar-refractivity contribution in [2.45, 2.75) is 30.7 Å². The number of hydrogen-bond donors (Lipinski definition) is 2. The second kappa shape index (κ2) is 6.99. The minimum atomic E-state index is -3.88. The van der Waals surface area contributed by atoms with Crippen LogP contribution in [0.25, 0.3) is 10.9 Å². The van der Waals surface area contributed by atoms with E-state index < -0.39 is 21.7 Å². The minimum Gasteiger partial charge on any atom is -0.321 e. The fraction of sp³-hybridized carbons (Fsp3) is 0.263. The van der Waals surface area contributed by atoms with E-state index in [9.17, 15) is 17.6 Å². The summed E-state index contributed by atoms with van der Waals surface area (Å²) in [5.74, 6) is -0.426. The summed E-state index contributed by atoms with van der Waals surface area (Å²) < 4.78 is 38.3. The summed E-state index contributed by atoms with van der Waals surface area (Å²) in [5, 5.41) is 12.8. The molecule has 0 unspecified atom stereocenters. The zero-order chi connectivity index (χ0) is 19.9. The minimum absolute atomic E-state index is 0.0970. The third-order valence-electron chi connectivity index (χ3n) is 4.99. The predicted octanol–water partition coefficient (Wildman–Crippen LogP) is 2.88. The monoisotopic (exact) mass is 402 g/mol. The summed E-state index contributed by atoms with van der Waals surface area (Å²) in [6.07, 6.45) is 3.30. The van der Waals surface area contributed by atoms with Gasteiger partial charge in [0.05, 0.1) is 10.4 Å². The zero-order valence-corrected chi connectivity index (χ0v) is 15.7. The number of fused-ring (bicyclic) bond motifs is 1. The molecule has 0 spiro atoms. The maximum Gasteiger partial charge on any atom is 0.274 e. The van der Waals surface area contributed by atoms with Crippen molar-refractivity contribution < 1.29 is 17.6 Å². The van der Waals surface area contributed by atoms with Gasteiger partial charge in [0.15, 0.2) is 0 Å². The van der Waals surface area contributed by atoms with E-state index in [2.05, 4.69) is 10.4 Å². The van der Waals surface area contributed by atoms with Gasteiger partial charge in [0.2, 0.25) is 10.0 Å². The summed E-state index contributed by atoms with van der Waals surface area (Å²) in [6, 6.07) is 9.83. The van der Waals surface area contributed by atoms with Gasteiger partial charge >= 0.3 is 0 Å². The largest absolute Gasteiger partial charge is 0.321 e. The van der Waals surface area contributed by atoms with Crippen molar-refractivity contribution in [2.24, 2.45) is 11.1 Å². The van der Waals surface area contributed by atoms with E-state index in [0.717, 1.165) is 19.3 Å². The van der Waals surface area contributed by atoms with Crippen molar-refractivity contribution in [1.29, 1.82) is 0 Å². The zero-order valence-electron chi connectivity index (χ0n) is 14.9. The van der Waals surface area contributed by atoms with Gasteiger partial charge in [-0.05, 0) is 49.1 Å². The average molecular weight is 402 g/mol. The number of carbonyl (C=O) groups excluding carboxylic acids is 1. The molecule has 0 atom stereocenters. The molecule has 1 aliphatic carbocycles. The molecule has 146 valence electrons. The number of primary sulfonamides is 1. The Labute approximate surface area is 161 Å². The van der Waals surface area contributed by atoms with Gasteiger partial charge in [-0.15, -0.1) is 0 Å². The summed E-state index contributed by atoms with van der Waals surface area (Å²) in [4.78, 5) is 12.9. The van der Waals surface area contributed by atoms with E-state index in [1.165, 1.54) is 36.4 Å². The van der Waals surface area contributed by atoms with Gasteiger partial charge < -0.3 is 5.32 Å². The third kappa shape index (κ3) is 3.63. The number of carbonyl (C=O) groups is 1. The van der Waals surface area contributed by atoms with Crippen LogP contribution in [0.2, 0.25) is 0 Å². The summed E-state index contributed by atoms with van der Waals surface area (Å²) in [7, 11) is -3.88. The number of nitrogens with two attached hydrogens (primary N) is 1. The molecular weight excluding hydrogens is 383 g/mol. The molecule has 1 heterocycles. The van der Waals surface area contributed by atoms with Crippen LogP contribution in [0.5, 0.6) is 0 Å². The molecule has 0 radical (unpaired) electrons. The highest BCUT2D eigenvalue weighted by Crippen LogP contribution is 2.30. The van der Waals surface area contributed by atoms with Gasteiger partial charge in [-0.3, -0.25) is 9.48 Å². The number of halogens is 1. The molecule has 4 rings (SSSR count). The molecule has 1 saturated carbocycles. The first-order chi connectivity index (χ1) is 13.3. The molecule has 1 aromatic heterocycles. The number of sulfonamides is 1. The van der Waals surface area contributed by atoms with E-state index in [-0.39, 0.29) is 4.90 Å². The van der Waals surface area contributed by atoms with Gasteiger partial charge in [-0.25, -0.2) is 17.9 Å². The molecule has 1 amide bonds. The van der Waals surface area contributed by atoms with Crippen LogP contribution in [-0.2, 0) is 16.6 Å². The van der Waals surface area contributed by atoms with Crippen LogP contribution >= 0.6 is 0 Å². The van der Waals surface area contributed by atoms with Gasteiger partial charge in [-0.1, -0.05) is 12.5 Å². The molecule has 1 aliphatic rings. The highest BCUT2D eigenvalue weighted by Gasteiger charge is 2.24. The van der Waals surface area contributed by atoms with E-state index in [0.29, 0.717) is 34.7 Å². The number of nitrogens with one attached hydrogen (secondary N) is 1. The lowest BCUT2D eigenvalue weighted by atomic mass is 9.85. The van der Waals surface area contributed by atoms with Crippen LogP contribution in [0.3, 0.4) is 0 Å². The molecule has 0 bridgehead atoms. The summed E-state index contributed by atoms with van der Waals surface area (Å²) in [5.41, 5.74) is 1.02. The molecular formula is C19H19FN4O3S. The second-order valence-electron chi connectivity index (χ2n) is 7.02. The number of rotatable bonds is 5. The summed E-state index contributed by atoms with van der Waals surface area (Å²) >= 11 is 0. The lowest BCUT2D eigenvalue weighted by Crippen LogP contribution is -2.24.